The zero-order valence-corrected chi connectivity index (χ0v) is 13.0. The molecule has 0 spiro atoms. The van der Waals surface area contributed by atoms with E-state index in [9.17, 15) is 4.79 Å². The number of aryl methyl sites for hydroxylation is 2. The van der Waals surface area contributed by atoms with Crippen LogP contribution in [0.15, 0.2) is 42.5 Å². The Morgan fingerprint density at radius 1 is 0.895 bits per heavy atom. The van der Waals surface area contributed by atoms with Gasteiger partial charge in [-0.3, -0.25) is 4.79 Å². The zero-order valence-electron chi connectivity index (χ0n) is 12.0. The second-order valence-corrected chi connectivity index (χ2v) is 9.92. The summed E-state index contributed by atoms with van der Waals surface area (Å²) in [7, 11) is -1.83. The summed E-state index contributed by atoms with van der Waals surface area (Å²) in [5, 5.41) is 2.64. The monoisotopic (exact) mass is 268 g/mol. The Labute approximate surface area is 116 Å². The number of hydrogen-bond donors (Lipinski definition) is 0. The SMILES string of the molecule is Cc1ccc(C)c([Si](C)(C)c2ccccc2)c1C=O. The van der Waals surface area contributed by atoms with Crippen LogP contribution >= 0.6 is 0 Å². The molecule has 0 aromatic heterocycles. The lowest BCUT2D eigenvalue weighted by atomic mass is 10.1. The lowest BCUT2D eigenvalue weighted by molar-refractivity contribution is 0.112. The molecule has 2 heteroatoms. The van der Waals surface area contributed by atoms with E-state index in [0.29, 0.717) is 0 Å². The molecular weight excluding hydrogens is 248 g/mol. The second-order valence-electron chi connectivity index (χ2n) is 5.60. The normalized spacial score (nSPS) is 11.4. The van der Waals surface area contributed by atoms with E-state index in [4.69, 9.17) is 0 Å². The van der Waals surface area contributed by atoms with Crippen LogP contribution in [0.2, 0.25) is 13.1 Å². The lowest BCUT2D eigenvalue weighted by Gasteiger charge is -2.28. The van der Waals surface area contributed by atoms with Crippen LogP contribution in [0.3, 0.4) is 0 Å². The fraction of sp³-hybridized carbons (Fsp3) is 0.235. The first-order chi connectivity index (χ1) is 8.98. The average Bonchev–Trinajstić information content (AvgIpc) is 2.41. The van der Waals surface area contributed by atoms with Crippen molar-refractivity contribution in [2.45, 2.75) is 26.9 Å². The minimum atomic E-state index is -1.83. The van der Waals surface area contributed by atoms with Crippen molar-refractivity contribution in [1.29, 1.82) is 0 Å². The van der Waals surface area contributed by atoms with Crippen LogP contribution in [0.25, 0.3) is 0 Å². The molecule has 0 heterocycles. The zero-order chi connectivity index (χ0) is 14.0. The third-order valence-corrected chi connectivity index (χ3v) is 7.60. The number of carbonyl (C=O) groups excluding carboxylic acids is 1. The van der Waals surface area contributed by atoms with E-state index in [1.54, 1.807) is 0 Å². The van der Waals surface area contributed by atoms with Gasteiger partial charge in [-0.2, -0.15) is 0 Å². The predicted octanol–water partition coefficient (Wildman–Crippen LogP) is 2.94. The summed E-state index contributed by atoms with van der Waals surface area (Å²) in [6.45, 7) is 8.76. The van der Waals surface area contributed by atoms with Crippen LogP contribution in [0.4, 0.5) is 0 Å². The molecular formula is C17H20OSi. The van der Waals surface area contributed by atoms with Gasteiger partial charge in [-0.25, -0.2) is 0 Å². The van der Waals surface area contributed by atoms with Crippen LogP contribution < -0.4 is 10.4 Å². The van der Waals surface area contributed by atoms with Crippen molar-refractivity contribution in [3.05, 3.63) is 59.2 Å². The molecule has 0 saturated heterocycles. The quantitative estimate of drug-likeness (QED) is 0.618. The van der Waals surface area contributed by atoms with Gasteiger partial charge in [0.15, 0.2) is 0 Å². The van der Waals surface area contributed by atoms with Crippen molar-refractivity contribution >= 4 is 24.7 Å². The van der Waals surface area contributed by atoms with Crippen LogP contribution in [-0.2, 0) is 0 Å². The second kappa shape index (κ2) is 5.14. The van der Waals surface area contributed by atoms with Crippen molar-refractivity contribution in [1.82, 2.24) is 0 Å². The Morgan fingerprint density at radius 3 is 2.05 bits per heavy atom. The number of benzene rings is 2. The van der Waals surface area contributed by atoms with E-state index in [0.717, 1.165) is 17.4 Å². The number of carbonyl (C=O) groups is 1. The molecule has 0 fully saturated rings. The highest BCUT2D eigenvalue weighted by atomic mass is 28.3. The van der Waals surface area contributed by atoms with Gasteiger partial charge in [-0.15, -0.1) is 0 Å². The summed E-state index contributed by atoms with van der Waals surface area (Å²) in [5.41, 5.74) is 3.20. The van der Waals surface area contributed by atoms with Crippen LogP contribution in [-0.4, -0.2) is 14.4 Å². The number of hydrogen-bond acceptors (Lipinski definition) is 1. The van der Waals surface area contributed by atoms with E-state index in [-0.39, 0.29) is 0 Å². The minimum absolute atomic E-state index is 0.889. The van der Waals surface area contributed by atoms with Crippen molar-refractivity contribution < 1.29 is 4.79 Å². The number of rotatable bonds is 3. The third-order valence-electron chi connectivity index (χ3n) is 3.91. The molecule has 0 bridgehead atoms. The van der Waals surface area contributed by atoms with E-state index in [2.05, 4.69) is 50.3 Å². The maximum Gasteiger partial charge on any atom is 0.150 e. The number of aldehydes is 1. The van der Waals surface area contributed by atoms with Gasteiger partial charge in [0.1, 0.15) is 14.4 Å². The molecule has 0 N–H and O–H groups in total. The van der Waals surface area contributed by atoms with Gasteiger partial charge in [0, 0.05) is 5.56 Å². The molecule has 2 aromatic rings. The molecule has 0 saturated carbocycles. The smallest absolute Gasteiger partial charge is 0.150 e. The van der Waals surface area contributed by atoms with Crippen LogP contribution in [0.1, 0.15) is 21.5 Å². The van der Waals surface area contributed by atoms with Crippen molar-refractivity contribution in [2.75, 3.05) is 0 Å². The summed E-state index contributed by atoms with van der Waals surface area (Å²) in [6.07, 6.45) is 1.02. The minimum Gasteiger partial charge on any atom is -0.298 e. The first-order valence-electron chi connectivity index (χ1n) is 6.60. The standard InChI is InChI=1S/C17H20OSi/c1-13-10-11-14(2)17(16(13)12-18)19(3,4)15-8-6-5-7-9-15/h5-12H,1-4H3. The van der Waals surface area contributed by atoms with Gasteiger partial charge in [0.2, 0.25) is 0 Å². The van der Waals surface area contributed by atoms with Crippen molar-refractivity contribution in [2.24, 2.45) is 0 Å². The Hall–Kier alpha value is -1.67. The maximum absolute atomic E-state index is 11.5. The molecule has 0 aliphatic heterocycles. The van der Waals surface area contributed by atoms with E-state index >= 15 is 0 Å². The van der Waals surface area contributed by atoms with Gasteiger partial charge >= 0.3 is 0 Å². The van der Waals surface area contributed by atoms with E-state index in [1.165, 1.54) is 15.9 Å². The highest BCUT2D eigenvalue weighted by Crippen LogP contribution is 2.14. The van der Waals surface area contributed by atoms with E-state index in [1.807, 2.05) is 19.1 Å². The van der Waals surface area contributed by atoms with Crippen molar-refractivity contribution in [3.63, 3.8) is 0 Å². The van der Waals surface area contributed by atoms with Crippen LogP contribution in [0.5, 0.6) is 0 Å². The Bertz CT molecular complexity index is 600. The third kappa shape index (κ3) is 2.41. The molecule has 0 aliphatic rings. The van der Waals surface area contributed by atoms with Gasteiger partial charge in [-0.05, 0) is 24.6 Å². The Balaban J connectivity index is 2.71. The van der Waals surface area contributed by atoms with Gasteiger partial charge in [0.25, 0.3) is 0 Å². The van der Waals surface area contributed by atoms with Gasteiger partial charge in [0.05, 0.1) is 0 Å². The highest BCUT2D eigenvalue weighted by Gasteiger charge is 2.30. The summed E-state index contributed by atoms with van der Waals surface area (Å²) < 4.78 is 0. The van der Waals surface area contributed by atoms with Gasteiger partial charge < -0.3 is 0 Å². The Morgan fingerprint density at radius 2 is 1.47 bits per heavy atom. The average molecular weight is 268 g/mol. The summed E-state index contributed by atoms with van der Waals surface area (Å²) in [6, 6.07) is 14.7. The first kappa shape index (κ1) is 13.8. The molecule has 2 rings (SSSR count). The summed E-state index contributed by atoms with van der Waals surface area (Å²) >= 11 is 0. The summed E-state index contributed by atoms with van der Waals surface area (Å²) in [4.78, 5) is 11.5. The molecule has 0 amide bonds. The molecule has 0 unspecified atom stereocenters. The molecule has 19 heavy (non-hydrogen) atoms. The molecule has 1 nitrogen and oxygen atoms in total. The first-order valence-corrected chi connectivity index (χ1v) is 9.60. The molecule has 98 valence electrons. The summed E-state index contributed by atoms with van der Waals surface area (Å²) in [5.74, 6) is 0. The molecule has 0 radical (unpaired) electrons. The van der Waals surface area contributed by atoms with Crippen LogP contribution in [0, 0.1) is 13.8 Å². The molecule has 0 aliphatic carbocycles. The highest BCUT2D eigenvalue weighted by molar-refractivity contribution is 7.01. The Kier molecular flexibility index (Phi) is 3.72. The fourth-order valence-electron chi connectivity index (χ4n) is 2.81. The van der Waals surface area contributed by atoms with Gasteiger partial charge in [-0.1, -0.05) is 66.3 Å². The predicted molar refractivity (Wildman–Crippen MR) is 84.5 cm³/mol. The molecule has 0 atom stereocenters. The lowest BCUT2D eigenvalue weighted by Crippen LogP contribution is -2.55. The van der Waals surface area contributed by atoms with E-state index < -0.39 is 8.07 Å². The molecule has 2 aromatic carbocycles. The topological polar surface area (TPSA) is 17.1 Å². The largest absolute Gasteiger partial charge is 0.298 e. The van der Waals surface area contributed by atoms with Crippen molar-refractivity contribution in [3.8, 4) is 0 Å². The fourth-order valence-corrected chi connectivity index (χ4v) is 6.13. The maximum atomic E-state index is 11.5.